The SMILES string of the molecule is O=S(=O)(N1CCCCC1)C(F)(F)OC(F)F. The minimum atomic E-state index is -5.16. The van der Waals surface area contributed by atoms with Gasteiger partial charge in [0.25, 0.3) is 0 Å². The Morgan fingerprint density at radius 3 is 2.06 bits per heavy atom. The molecule has 0 atom stereocenters. The Hall–Kier alpha value is -0.410. The smallest absolute Gasteiger partial charge is 0.243 e. The average Bonchev–Trinajstić information content (AvgIpc) is 2.17. The molecule has 0 radical (unpaired) electrons. The van der Waals surface area contributed by atoms with Crippen molar-refractivity contribution in [3.05, 3.63) is 0 Å². The second-order valence-corrected chi connectivity index (χ2v) is 5.25. The summed E-state index contributed by atoms with van der Waals surface area (Å²) in [6.45, 7) is -4.02. The van der Waals surface area contributed by atoms with Gasteiger partial charge in [-0.15, -0.1) is 0 Å². The van der Waals surface area contributed by atoms with Crippen LogP contribution in [0.5, 0.6) is 0 Å². The Balaban J connectivity index is 2.82. The van der Waals surface area contributed by atoms with E-state index in [0.717, 1.165) is 6.42 Å². The van der Waals surface area contributed by atoms with E-state index in [1.54, 1.807) is 0 Å². The summed E-state index contributed by atoms with van der Waals surface area (Å²) < 4.78 is 75.0. The highest BCUT2D eigenvalue weighted by Crippen LogP contribution is 2.30. The first kappa shape index (κ1) is 13.7. The van der Waals surface area contributed by atoms with Crippen LogP contribution >= 0.6 is 0 Å². The topological polar surface area (TPSA) is 46.6 Å². The highest BCUT2D eigenvalue weighted by molar-refractivity contribution is 7.90. The van der Waals surface area contributed by atoms with Gasteiger partial charge < -0.3 is 0 Å². The van der Waals surface area contributed by atoms with Gasteiger partial charge in [-0.3, -0.25) is 0 Å². The first-order chi connectivity index (χ1) is 7.27. The molecule has 0 aromatic rings. The lowest BCUT2D eigenvalue weighted by Crippen LogP contribution is -2.47. The number of piperidine rings is 1. The fourth-order valence-electron chi connectivity index (χ4n) is 1.42. The highest BCUT2D eigenvalue weighted by atomic mass is 32.2. The number of ether oxygens (including phenoxy) is 1. The predicted molar refractivity (Wildman–Crippen MR) is 46.4 cm³/mol. The minimum absolute atomic E-state index is 0.0927. The van der Waals surface area contributed by atoms with Gasteiger partial charge >= 0.3 is 22.1 Å². The summed E-state index contributed by atoms with van der Waals surface area (Å²) in [5, 5.41) is 0. The van der Waals surface area contributed by atoms with Gasteiger partial charge in [0.1, 0.15) is 0 Å². The molecule has 9 heteroatoms. The van der Waals surface area contributed by atoms with Crippen LogP contribution in [0.25, 0.3) is 0 Å². The molecule has 0 amide bonds. The summed E-state index contributed by atoms with van der Waals surface area (Å²) in [6.07, 6.45) is 1.60. The van der Waals surface area contributed by atoms with Crippen molar-refractivity contribution >= 4 is 10.0 Å². The fourth-order valence-corrected chi connectivity index (χ4v) is 2.65. The van der Waals surface area contributed by atoms with Crippen LogP contribution in [0, 0.1) is 0 Å². The number of halogens is 4. The van der Waals surface area contributed by atoms with E-state index in [0.29, 0.717) is 17.1 Å². The Morgan fingerprint density at radius 2 is 1.62 bits per heavy atom. The van der Waals surface area contributed by atoms with Gasteiger partial charge in [-0.2, -0.15) is 21.9 Å². The molecule has 0 saturated carbocycles. The summed E-state index contributed by atoms with van der Waals surface area (Å²) in [4.78, 5) is 0. The van der Waals surface area contributed by atoms with Gasteiger partial charge in [0.05, 0.1) is 0 Å². The Bertz CT molecular complexity index is 327. The van der Waals surface area contributed by atoms with Crippen molar-refractivity contribution in [2.24, 2.45) is 0 Å². The van der Waals surface area contributed by atoms with Gasteiger partial charge in [0.2, 0.25) is 0 Å². The Morgan fingerprint density at radius 1 is 1.12 bits per heavy atom. The zero-order chi connectivity index (χ0) is 12.4. The molecule has 0 N–H and O–H groups in total. The molecule has 1 aliphatic rings. The van der Waals surface area contributed by atoms with E-state index in [2.05, 4.69) is 4.74 Å². The van der Waals surface area contributed by atoms with E-state index in [4.69, 9.17) is 0 Å². The Labute approximate surface area is 90.2 Å². The summed E-state index contributed by atoms with van der Waals surface area (Å²) in [7, 11) is -5.16. The average molecular weight is 265 g/mol. The number of alkyl halides is 4. The summed E-state index contributed by atoms with van der Waals surface area (Å²) in [5.74, 6) is 0. The first-order valence-corrected chi connectivity index (χ1v) is 6.05. The largest absolute Gasteiger partial charge is 0.481 e. The maximum absolute atomic E-state index is 12.9. The van der Waals surface area contributed by atoms with Gasteiger partial charge in [-0.05, 0) is 12.8 Å². The number of hydrogen-bond acceptors (Lipinski definition) is 3. The molecule has 0 aliphatic carbocycles. The van der Waals surface area contributed by atoms with Gasteiger partial charge in [-0.25, -0.2) is 13.2 Å². The standard InChI is InChI=1S/C7H11F4NO3S/c8-6(9)15-7(10,11)16(13,14)12-4-2-1-3-5-12/h6H,1-5H2. The molecule has 16 heavy (non-hydrogen) atoms. The van der Waals surface area contributed by atoms with E-state index >= 15 is 0 Å². The third kappa shape index (κ3) is 2.83. The quantitative estimate of drug-likeness (QED) is 0.725. The van der Waals surface area contributed by atoms with Crippen molar-refractivity contribution in [3.63, 3.8) is 0 Å². The lowest BCUT2D eigenvalue weighted by molar-refractivity contribution is -0.273. The van der Waals surface area contributed by atoms with Crippen molar-refractivity contribution in [1.82, 2.24) is 4.31 Å². The molecule has 0 bridgehead atoms. The number of nitrogens with zero attached hydrogens (tertiary/aromatic N) is 1. The Kier molecular flexibility index (Phi) is 4.13. The second-order valence-electron chi connectivity index (χ2n) is 3.31. The molecule has 1 fully saturated rings. The van der Waals surface area contributed by atoms with Gasteiger partial charge in [-0.1, -0.05) is 6.42 Å². The van der Waals surface area contributed by atoms with E-state index in [1.807, 2.05) is 0 Å². The summed E-state index contributed by atoms with van der Waals surface area (Å²) in [6, 6.07) is 0. The van der Waals surface area contributed by atoms with Crippen LogP contribution in [0.3, 0.4) is 0 Å². The number of hydrogen-bond donors (Lipinski definition) is 0. The molecule has 1 heterocycles. The van der Waals surface area contributed by atoms with Crippen molar-refractivity contribution in [2.75, 3.05) is 13.1 Å². The first-order valence-electron chi connectivity index (χ1n) is 4.61. The minimum Gasteiger partial charge on any atom is -0.243 e. The van der Waals surface area contributed by atoms with Crippen LogP contribution in [0.2, 0.25) is 0 Å². The van der Waals surface area contributed by atoms with Crippen molar-refractivity contribution in [2.45, 2.75) is 31.3 Å². The molecule has 0 unspecified atom stereocenters. The molecular formula is C7H11F4NO3S. The monoisotopic (exact) mass is 265 g/mol. The molecule has 1 aliphatic heterocycles. The van der Waals surface area contributed by atoms with Crippen molar-refractivity contribution < 1.29 is 30.7 Å². The molecule has 0 spiro atoms. The molecule has 4 nitrogen and oxygen atoms in total. The highest BCUT2D eigenvalue weighted by Gasteiger charge is 2.52. The lowest BCUT2D eigenvalue weighted by Gasteiger charge is -2.28. The van der Waals surface area contributed by atoms with Crippen molar-refractivity contribution in [1.29, 1.82) is 0 Å². The van der Waals surface area contributed by atoms with E-state index in [1.165, 1.54) is 0 Å². The second kappa shape index (κ2) is 4.84. The van der Waals surface area contributed by atoms with Crippen LogP contribution in [0.15, 0.2) is 0 Å². The zero-order valence-corrected chi connectivity index (χ0v) is 9.02. The van der Waals surface area contributed by atoms with E-state index < -0.39 is 22.1 Å². The maximum Gasteiger partial charge on any atom is 0.481 e. The predicted octanol–water partition coefficient (Wildman–Crippen LogP) is 1.59. The van der Waals surface area contributed by atoms with Crippen LogP contribution in [-0.4, -0.2) is 37.9 Å². The number of rotatable bonds is 4. The maximum atomic E-state index is 12.9. The molecule has 1 saturated heterocycles. The zero-order valence-electron chi connectivity index (χ0n) is 8.20. The van der Waals surface area contributed by atoms with Crippen LogP contribution in [0.1, 0.15) is 19.3 Å². The molecular weight excluding hydrogens is 254 g/mol. The van der Waals surface area contributed by atoms with Crippen LogP contribution < -0.4 is 0 Å². The van der Waals surface area contributed by atoms with Crippen molar-refractivity contribution in [3.8, 4) is 0 Å². The summed E-state index contributed by atoms with van der Waals surface area (Å²) >= 11 is 0. The van der Waals surface area contributed by atoms with E-state index in [9.17, 15) is 26.0 Å². The van der Waals surface area contributed by atoms with Gasteiger partial charge in [0.15, 0.2) is 0 Å². The van der Waals surface area contributed by atoms with Crippen LogP contribution in [-0.2, 0) is 14.8 Å². The third-order valence-corrected chi connectivity index (χ3v) is 3.92. The molecule has 1 rings (SSSR count). The molecule has 0 aromatic carbocycles. The number of sulfonamides is 1. The summed E-state index contributed by atoms with van der Waals surface area (Å²) in [5.41, 5.74) is -4.88. The lowest BCUT2D eigenvalue weighted by atomic mass is 10.2. The van der Waals surface area contributed by atoms with Crippen LogP contribution in [0.4, 0.5) is 17.6 Å². The third-order valence-electron chi connectivity index (χ3n) is 2.18. The van der Waals surface area contributed by atoms with E-state index in [-0.39, 0.29) is 13.1 Å². The molecule has 96 valence electrons. The van der Waals surface area contributed by atoms with Gasteiger partial charge in [0, 0.05) is 13.1 Å². The fraction of sp³-hybridized carbons (Fsp3) is 1.00. The normalized spacial score (nSPS) is 20.3. The molecule has 0 aromatic heterocycles.